The standard InChI is InChI=1S/C19H25N3O/c1-21(2)14-6-8-15(9-7-14)22-11-10-13-12-20-19(23)16-4-3-5-17(22)18(13)16/h3-5,12,14-15H,6-11H2,1-2H3,(H,20,23). The zero-order valence-corrected chi connectivity index (χ0v) is 14.0. The summed E-state index contributed by atoms with van der Waals surface area (Å²) in [6, 6.07) is 7.60. The van der Waals surface area contributed by atoms with Crippen molar-refractivity contribution in [3.05, 3.63) is 30.0 Å². The van der Waals surface area contributed by atoms with Crippen LogP contribution in [0.4, 0.5) is 5.69 Å². The fourth-order valence-corrected chi connectivity index (χ4v) is 4.39. The summed E-state index contributed by atoms with van der Waals surface area (Å²) in [5, 5.41) is 12.2. The van der Waals surface area contributed by atoms with Crippen LogP contribution in [0.5, 0.6) is 5.88 Å². The average Bonchev–Trinajstić information content (AvgIpc) is 2.58. The Hall–Kier alpha value is -1.81. The molecule has 122 valence electrons. The molecule has 0 spiro atoms. The van der Waals surface area contributed by atoms with Gasteiger partial charge in [0, 0.05) is 41.3 Å². The maximum atomic E-state index is 10.1. The number of anilines is 1. The zero-order chi connectivity index (χ0) is 16.0. The van der Waals surface area contributed by atoms with E-state index < -0.39 is 0 Å². The molecule has 0 saturated heterocycles. The Morgan fingerprint density at radius 1 is 1.17 bits per heavy atom. The van der Waals surface area contributed by atoms with Gasteiger partial charge in [-0.25, -0.2) is 4.98 Å². The smallest absolute Gasteiger partial charge is 0.218 e. The van der Waals surface area contributed by atoms with Crippen molar-refractivity contribution in [3.63, 3.8) is 0 Å². The number of hydrogen-bond donors (Lipinski definition) is 1. The molecule has 4 nitrogen and oxygen atoms in total. The molecule has 0 bridgehead atoms. The maximum Gasteiger partial charge on any atom is 0.218 e. The number of nitrogens with zero attached hydrogens (tertiary/aromatic N) is 3. The van der Waals surface area contributed by atoms with Gasteiger partial charge in [-0.05, 0) is 63.9 Å². The molecule has 0 radical (unpaired) electrons. The van der Waals surface area contributed by atoms with E-state index in [0.717, 1.165) is 24.4 Å². The predicted molar refractivity (Wildman–Crippen MR) is 94.2 cm³/mol. The molecule has 4 heteroatoms. The van der Waals surface area contributed by atoms with Crippen LogP contribution in [-0.2, 0) is 6.42 Å². The van der Waals surface area contributed by atoms with E-state index in [1.807, 2.05) is 18.3 Å². The van der Waals surface area contributed by atoms with Crippen molar-refractivity contribution in [2.45, 2.75) is 44.2 Å². The molecule has 0 amide bonds. The highest BCUT2D eigenvalue weighted by Gasteiger charge is 2.30. The summed E-state index contributed by atoms with van der Waals surface area (Å²) in [4.78, 5) is 9.10. The third-order valence-corrected chi connectivity index (χ3v) is 5.72. The van der Waals surface area contributed by atoms with Gasteiger partial charge in [-0.15, -0.1) is 0 Å². The number of hydrogen-bond acceptors (Lipinski definition) is 4. The van der Waals surface area contributed by atoms with Gasteiger partial charge in [0.25, 0.3) is 0 Å². The van der Waals surface area contributed by atoms with E-state index in [-0.39, 0.29) is 5.88 Å². The zero-order valence-electron chi connectivity index (χ0n) is 14.0. The Kier molecular flexibility index (Phi) is 3.64. The molecular weight excluding hydrogens is 286 g/mol. The first-order chi connectivity index (χ1) is 11.1. The Labute approximate surface area is 137 Å². The minimum absolute atomic E-state index is 0.156. The van der Waals surface area contributed by atoms with E-state index in [4.69, 9.17) is 0 Å². The quantitative estimate of drug-likeness (QED) is 0.925. The van der Waals surface area contributed by atoms with Crippen molar-refractivity contribution >= 4 is 16.5 Å². The number of aromatic nitrogens is 1. The van der Waals surface area contributed by atoms with Crippen molar-refractivity contribution in [3.8, 4) is 5.88 Å². The van der Waals surface area contributed by atoms with E-state index in [1.54, 1.807) is 0 Å². The minimum atomic E-state index is 0.156. The summed E-state index contributed by atoms with van der Waals surface area (Å²) < 4.78 is 0. The van der Waals surface area contributed by atoms with Crippen LogP contribution >= 0.6 is 0 Å². The monoisotopic (exact) mass is 311 g/mol. The molecule has 2 aliphatic rings. The molecule has 0 atom stereocenters. The van der Waals surface area contributed by atoms with E-state index in [0.29, 0.717) is 6.04 Å². The molecule has 1 saturated carbocycles. The summed E-state index contributed by atoms with van der Waals surface area (Å²) in [6.07, 6.45) is 7.93. The third-order valence-electron chi connectivity index (χ3n) is 5.72. The molecule has 4 rings (SSSR count). The number of aromatic hydroxyl groups is 1. The highest BCUT2D eigenvalue weighted by atomic mass is 16.3. The van der Waals surface area contributed by atoms with Crippen molar-refractivity contribution in [2.75, 3.05) is 25.5 Å². The van der Waals surface area contributed by atoms with Crippen LogP contribution in [0.2, 0.25) is 0 Å². The first-order valence-electron chi connectivity index (χ1n) is 8.68. The van der Waals surface area contributed by atoms with Gasteiger partial charge >= 0.3 is 0 Å². The van der Waals surface area contributed by atoms with Crippen molar-refractivity contribution in [1.29, 1.82) is 0 Å². The highest BCUT2D eigenvalue weighted by molar-refractivity contribution is 6.00. The highest BCUT2D eigenvalue weighted by Crippen LogP contribution is 2.40. The summed E-state index contributed by atoms with van der Waals surface area (Å²) in [7, 11) is 4.39. The van der Waals surface area contributed by atoms with E-state index in [1.165, 1.54) is 42.3 Å². The maximum absolute atomic E-state index is 10.1. The Bertz CT molecular complexity index is 720. The SMILES string of the molecule is CN(C)C1CCC(N2CCc3cnc(O)c4cccc2c34)CC1. The molecule has 2 heterocycles. The van der Waals surface area contributed by atoms with Crippen LogP contribution in [0.1, 0.15) is 31.2 Å². The molecule has 1 aromatic heterocycles. The average molecular weight is 311 g/mol. The molecule has 1 aliphatic carbocycles. The molecule has 1 fully saturated rings. The molecule has 1 aliphatic heterocycles. The minimum Gasteiger partial charge on any atom is -0.493 e. The Morgan fingerprint density at radius 2 is 1.96 bits per heavy atom. The van der Waals surface area contributed by atoms with Crippen LogP contribution in [-0.4, -0.2) is 47.7 Å². The van der Waals surface area contributed by atoms with Gasteiger partial charge in [-0.2, -0.15) is 0 Å². The van der Waals surface area contributed by atoms with E-state index in [9.17, 15) is 5.11 Å². The second kappa shape index (κ2) is 5.68. The van der Waals surface area contributed by atoms with Crippen molar-refractivity contribution in [1.82, 2.24) is 9.88 Å². The molecule has 0 unspecified atom stereocenters. The van der Waals surface area contributed by atoms with E-state index in [2.05, 4.69) is 34.9 Å². The van der Waals surface area contributed by atoms with Gasteiger partial charge in [-0.1, -0.05) is 6.07 Å². The molecule has 2 aromatic rings. The van der Waals surface area contributed by atoms with E-state index >= 15 is 0 Å². The lowest BCUT2D eigenvalue weighted by Crippen LogP contribution is -2.44. The van der Waals surface area contributed by atoms with Crippen LogP contribution in [0.3, 0.4) is 0 Å². The lowest BCUT2D eigenvalue weighted by atomic mass is 9.87. The van der Waals surface area contributed by atoms with Crippen molar-refractivity contribution in [2.24, 2.45) is 0 Å². The summed E-state index contributed by atoms with van der Waals surface area (Å²) >= 11 is 0. The lowest BCUT2D eigenvalue weighted by Gasteiger charge is -2.42. The van der Waals surface area contributed by atoms with Crippen LogP contribution < -0.4 is 4.90 Å². The van der Waals surface area contributed by atoms with Gasteiger partial charge in [0.05, 0.1) is 0 Å². The number of benzene rings is 1. The lowest BCUT2D eigenvalue weighted by molar-refractivity contribution is 0.213. The predicted octanol–water partition coefficient (Wildman–Crippen LogP) is 3.18. The van der Waals surface area contributed by atoms with Crippen LogP contribution in [0.25, 0.3) is 10.8 Å². The molecule has 23 heavy (non-hydrogen) atoms. The van der Waals surface area contributed by atoms with Gasteiger partial charge in [0.15, 0.2) is 0 Å². The second-order valence-corrected chi connectivity index (χ2v) is 7.18. The van der Waals surface area contributed by atoms with Gasteiger partial charge in [0.2, 0.25) is 5.88 Å². The first-order valence-corrected chi connectivity index (χ1v) is 8.68. The molecule has 1 N–H and O–H groups in total. The normalized spacial score (nSPS) is 24.4. The number of pyridine rings is 1. The fourth-order valence-electron chi connectivity index (χ4n) is 4.39. The molecule has 1 aromatic carbocycles. The van der Waals surface area contributed by atoms with Gasteiger partial charge in [0.1, 0.15) is 0 Å². The topological polar surface area (TPSA) is 39.6 Å². The Morgan fingerprint density at radius 3 is 2.70 bits per heavy atom. The summed E-state index contributed by atoms with van der Waals surface area (Å²) in [5.41, 5.74) is 2.56. The van der Waals surface area contributed by atoms with Crippen LogP contribution in [0, 0.1) is 0 Å². The number of rotatable bonds is 2. The Balaban J connectivity index is 1.67. The van der Waals surface area contributed by atoms with Gasteiger partial charge < -0.3 is 14.9 Å². The van der Waals surface area contributed by atoms with Crippen LogP contribution in [0.15, 0.2) is 24.4 Å². The summed E-state index contributed by atoms with van der Waals surface area (Å²) in [5.74, 6) is 0.156. The second-order valence-electron chi connectivity index (χ2n) is 7.18. The summed E-state index contributed by atoms with van der Waals surface area (Å²) in [6.45, 7) is 1.07. The van der Waals surface area contributed by atoms with Gasteiger partial charge in [-0.3, -0.25) is 0 Å². The first kappa shape index (κ1) is 14.8. The fraction of sp³-hybridized carbons (Fsp3) is 0.526. The largest absolute Gasteiger partial charge is 0.493 e. The van der Waals surface area contributed by atoms with Crippen molar-refractivity contribution < 1.29 is 5.11 Å². The third kappa shape index (κ3) is 2.45. The molecular formula is C19H25N3O.